The third-order valence-corrected chi connectivity index (χ3v) is 4.80. The molecular formula is C17H12BrF3N8O. The van der Waals surface area contributed by atoms with Crippen LogP contribution in [0.2, 0.25) is 0 Å². The monoisotopic (exact) mass is 480 g/mol. The summed E-state index contributed by atoms with van der Waals surface area (Å²) in [5.74, 6) is 0.614. The number of halogens is 4. The molecule has 9 nitrogen and oxygen atoms in total. The van der Waals surface area contributed by atoms with Gasteiger partial charge in [0.1, 0.15) is 12.1 Å². The second-order valence-corrected chi connectivity index (χ2v) is 7.07. The summed E-state index contributed by atoms with van der Waals surface area (Å²) in [4.78, 5) is 30.6. The number of aromatic amines is 1. The third-order valence-electron chi connectivity index (χ3n) is 4.17. The van der Waals surface area contributed by atoms with Crippen LogP contribution in [0.5, 0.6) is 0 Å². The molecule has 0 amide bonds. The highest BCUT2D eigenvalue weighted by Gasteiger charge is 2.32. The number of H-pyrrole nitrogens is 1. The van der Waals surface area contributed by atoms with E-state index in [1.165, 1.54) is 23.4 Å². The minimum atomic E-state index is -4.57. The van der Waals surface area contributed by atoms with Gasteiger partial charge in [0.25, 0.3) is 5.95 Å². The minimum absolute atomic E-state index is 0.0309. The standard InChI is InChI=1S/C17H12BrF3N8O/c1-8(14-24-7-25-29(14)15-22-3-2-4-23-15)26-13-10-5-9(17(19,20)21)6-11(18)12(10)27-16(30)28-13/h2-8H,1H3,(H2,26,27,28,30). The van der Waals surface area contributed by atoms with Crippen LogP contribution in [0.1, 0.15) is 24.4 Å². The fourth-order valence-corrected chi connectivity index (χ4v) is 3.42. The molecule has 1 atom stereocenters. The molecule has 3 heterocycles. The Kier molecular flexibility index (Phi) is 4.97. The molecule has 4 rings (SSSR count). The Bertz CT molecular complexity index is 1270. The summed E-state index contributed by atoms with van der Waals surface area (Å²) in [6.07, 6.45) is -0.201. The molecule has 154 valence electrons. The van der Waals surface area contributed by atoms with E-state index in [0.717, 1.165) is 12.1 Å². The second kappa shape index (κ2) is 7.48. The van der Waals surface area contributed by atoms with Gasteiger partial charge in [0.05, 0.1) is 17.1 Å². The van der Waals surface area contributed by atoms with E-state index in [4.69, 9.17) is 0 Å². The van der Waals surface area contributed by atoms with Gasteiger partial charge in [-0.05, 0) is 41.1 Å². The maximum absolute atomic E-state index is 13.3. The highest BCUT2D eigenvalue weighted by Crippen LogP contribution is 2.36. The molecule has 30 heavy (non-hydrogen) atoms. The molecule has 13 heteroatoms. The topological polar surface area (TPSA) is 114 Å². The number of nitrogens with zero attached hydrogens (tertiary/aromatic N) is 6. The molecule has 0 spiro atoms. The summed E-state index contributed by atoms with van der Waals surface area (Å²) in [6.45, 7) is 1.70. The Morgan fingerprint density at radius 2 is 1.93 bits per heavy atom. The predicted molar refractivity (Wildman–Crippen MR) is 104 cm³/mol. The smallest absolute Gasteiger partial charge is 0.360 e. The number of alkyl halides is 3. The lowest BCUT2D eigenvalue weighted by molar-refractivity contribution is -0.137. The Balaban J connectivity index is 1.79. The van der Waals surface area contributed by atoms with Crippen molar-refractivity contribution in [2.75, 3.05) is 5.32 Å². The molecule has 0 saturated heterocycles. The van der Waals surface area contributed by atoms with Crippen LogP contribution in [-0.2, 0) is 6.18 Å². The van der Waals surface area contributed by atoms with Crippen molar-refractivity contribution < 1.29 is 13.2 Å². The molecule has 0 saturated carbocycles. The summed E-state index contributed by atoms with van der Waals surface area (Å²) in [7, 11) is 0. The summed E-state index contributed by atoms with van der Waals surface area (Å²) in [6, 6.07) is 2.87. The molecule has 1 unspecified atom stereocenters. The van der Waals surface area contributed by atoms with E-state index in [9.17, 15) is 18.0 Å². The third kappa shape index (κ3) is 3.75. The molecule has 0 aliphatic heterocycles. The Morgan fingerprint density at radius 3 is 2.63 bits per heavy atom. The molecular weight excluding hydrogens is 469 g/mol. The highest BCUT2D eigenvalue weighted by molar-refractivity contribution is 9.10. The molecule has 4 aromatic rings. The number of hydrogen-bond acceptors (Lipinski definition) is 7. The van der Waals surface area contributed by atoms with Crippen LogP contribution in [-0.4, -0.2) is 34.7 Å². The summed E-state index contributed by atoms with van der Waals surface area (Å²) < 4.78 is 41.3. The molecule has 1 aromatic carbocycles. The van der Waals surface area contributed by atoms with Gasteiger partial charge in [-0.25, -0.2) is 19.7 Å². The summed E-state index contributed by atoms with van der Waals surface area (Å²) >= 11 is 3.09. The Hall–Kier alpha value is -3.35. The summed E-state index contributed by atoms with van der Waals surface area (Å²) in [5.41, 5.74) is -1.41. The number of benzene rings is 1. The first-order valence-corrected chi connectivity index (χ1v) is 9.28. The molecule has 0 aliphatic carbocycles. The van der Waals surface area contributed by atoms with Crippen molar-refractivity contribution in [2.24, 2.45) is 0 Å². The van der Waals surface area contributed by atoms with Crippen molar-refractivity contribution in [1.82, 2.24) is 34.7 Å². The first kappa shape index (κ1) is 19.9. The fourth-order valence-electron chi connectivity index (χ4n) is 2.86. The van der Waals surface area contributed by atoms with Crippen molar-refractivity contribution in [3.05, 3.63) is 63.3 Å². The van der Waals surface area contributed by atoms with Crippen LogP contribution in [0.25, 0.3) is 16.9 Å². The van der Waals surface area contributed by atoms with E-state index in [1.807, 2.05) is 0 Å². The lowest BCUT2D eigenvalue weighted by atomic mass is 10.1. The first-order valence-electron chi connectivity index (χ1n) is 8.48. The number of fused-ring (bicyclic) bond motifs is 1. The molecule has 0 fully saturated rings. The van der Waals surface area contributed by atoms with Crippen LogP contribution in [0.4, 0.5) is 19.0 Å². The van der Waals surface area contributed by atoms with Crippen LogP contribution in [0, 0.1) is 0 Å². The molecule has 0 aliphatic rings. The molecule has 2 N–H and O–H groups in total. The zero-order valence-electron chi connectivity index (χ0n) is 15.1. The van der Waals surface area contributed by atoms with Crippen LogP contribution >= 0.6 is 15.9 Å². The maximum Gasteiger partial charge on any atom is 0.416 e. The largest absolute Gasteiger partial charge is 0.416 e. The van der Waals surface area contributed by atoms with Gasteiger partial charge in [-0.2, -0.15) is 27.9 Å². The van der Waals surface area contributed by atoms with Gasteiger partial charge >= 0.3 is 11.9 Å². The highest BCUT2D eigenvalue weighted by atomic mass is 79.9. The number of anilines is 1. The summed E-state index contributed by atoms with van der Waals surface area (Å²) in [5, 5.41) is 7.12. The average Bonchev–Trinajstić information content (AvgIpc) is 3.18. The predicted octanol–water partition coefficient (Wildman–Crippen LogP) is 3.25. The first-order chi connectivity index (χ1) is 14.2. The van der Waals surface area contributed by atoms with Crippen LogP contribution in [0.15, 0.2) is 46.2 Å². The van der Waals surface area contributed by atoms with E-state index >= 15 is 0 Å². The Labute approximate surface area is 174 Å². The van der Waals surface area contributed by atoms with Gasteiger partial charge in [-0.1, -0.05) is 0 Å². The van der Waals surface area contributed by atoms with Crippen molar-refractivity contribution in [2.45, 2.75) is 19.1 Å². The number of rotatable bonds is 4. The van der Waals surface area contributed by atoms with Gasteiger partial charge in [0.2, 0.25) is 0 Å². The van der Waals surface area contributed by atoms with E-state index in [-0.39, 0.29) is 27.1 Å². The van der Waals surface area contributed by atoms with E-state index < -0.39 is 23.5 Å². The van der Waals surface area contributed by atoms with Crippen LogP contribution in [0.3, 0.4) is 0 Å². The maximum atomic E-state index is 13.3. The molecule has 0 radical (unpaired) electrons. The number of nitrogens with one attached hydrogen (secondary N) is 2. The van der Waals surface area contributed by atoms with Crippen molar-refractivity contribution >= 4 is 32.7 Å². The molecule has 0 bridgehead atoms. The van der Waals surface area contributed by atoms with Crippen molar-refractivity contribution in [1.29, 1.82) is 0 Å². The molecule has 3 aromatic heterocycles. The minimum Gasteiger partial charge on any atom is -0.360 e. The van der Waals surface area contributed by atoms with Crippen molar-refractivity contribution in [3.63, 3.8) is 0 Å². The fraction of sp³-hybridized carbons (Fsp3) is 0.176. The zero-order chi connectivity index (χ0) is 21.5. The zero-order valence-corrected chi connectivity index (χ0v) is 16.7. The van der Waals surface area contributed by atoms with Gasteiger partial charge in [-0.3, -0.25) is 0 Å². The van der Waals surface area contributed by atoms with Gasteiger partial charge in [-0.15, -0.1) is 0 Å². The van der Waals surface area contributed by atoms with Gasteiger partial charge in [0, 0.05) is 22.3 Å². The van der Waals surface area contributed by atoms with E-state index in [0.29, 0.717) is 5.82 Å². The number of hydrogen-bond donors (Lipinski definition) is 2. The Morgan fingerprint density at radius 1 is 1.20 bits per heavy atom. The van der Waals surface area contributed by atoms with Gasteiger partial charge in [0.15, 0.2) is 5.82 Å². The van der Waals surface area contributed by atoms with E-state index in [1.54, 1.807) is 13.0 Å². The van der Waals surface area contributed by atoms with Crippen LogP contribution < -0.4 is 11.0 Å². The lowest BCUT2D eigenvalue weighted by Crippen LogP contribution is -2.19. The SMILES string of the molecule is CC(Nc1nc(=O)[nH]c2c(Br)cc(C(F)(F)F)cc12)c1ncnn1-c1ncccn1. The number of aromatic nitrogens is 7. The lowest BCUT2D eigenvalue weighted by Gasteiger charge is -2.17. The van der Waals surface area contributed by atoms with Crippen molar-refractivity contribution in [3.8, 4) is 5.95 Å². The second-order valence-electron chi connectivity index (χ2n) is 6.21. The quantitative estimate of drug-likeness (QED) is 0.460. The van der Waals surface area contributed by atoms with E-state index in [2.05, 4.69) is 51.3 Å². The van der Waals surface area contributed by atoms with Gasteiger partial charge < -0.3 is 10.3 Å². The average molecular weight is 481 g/mol. The normalized spacial score (nSPS) is 12.8.